The second kappa shape index (κ2) is 7.05. The second-order valence-electron chi connectivity index (χ2n) is 5.20. The number of aromatic hydroxyl groups is 1. The Balaban J connectivity index is 1.79. The van der Waals surface area contributed by atoms with Crippen molar-refractivity contribution in [2.24, 2.45) is 0 Å². The fraction of sp³-hybridized carbons (Fsp3) is 0.0625. The van der Waals surface area contributed by atoms with E-state index in [1.54, 1.807) is 6.07 Å². The van der Waals surface area contributed by atoms with Gasteiger partial charge in [0, 0.05) is 10.6 Å². The predicted molar refractivity (Wildman–Crippen MR) is 96.2 cm³/mol. The lowest BCUT2D eigenvalue weighted by Gasteiger charge is -2.09. The van der Waals surface area contributed by atoms with Crippen LogP contribution < -0.4 is 4.72 Å². The van der Waals surface area contributed by atoms with Gasteiger partial charge in [0.05, 0.1) is 23.0 Å². The van der Waals surface area contributed by atoms with Gasteiger partial charge in [0.2, 0.25) is 10.0 Å². The molecule has 9 heteroatoms. The number of aromatic amines is 1. The third-order valence-electron chi connectivity index (χ3n) is 3.44. The maximum absolute atomic E-state index is 12.4. The fourth-order valence-electron chi connectivity index (χ4n) is 2.21. The maximum Gasteiger partial charge on any atom is 0.244 e. The first-order chi connectivity index (χ1) is 11.9. The number of rotatable bonds is 5. The molecule has 0 spiro atoms. The first kappa shape index (κ1) is 17.8. The van der Waals surface area contributed by atoms with Crippen molar-refractivity contribution in [3.63, 3.8) is 0 Å². The molecule has 25 heavy (non-hydrogen) atoms. The maximum atomic E-state index is 12.4. The molecule has 6 nitrogen and oxygen atoms in total. The van der Waals surface area contributed by atoms with E-state index in [9.17, 15) is 13.5 Å². The van der Waals surface area contributed by atoms with E-state index < -0.39 is 15.8 Å². The minimum atomic E-state index is -4.01. The molecule has 130 valence electrons. The van der Waals surface area contributed by atoms with Crippen LogP contribution in [0.4, 0.5) is 0 Å². The fourth-order valence-corrected chi connectivity index (χ4v) is 3.97. The van der Waals surface area contributed by atoms with Crippen molar-refractivity contribution >= 4 is 33.2 Å². The number of phenols is 1. The Hall–Kier alpha value is -2.06. The zero-order chi connectivity index (χ0) is 18.0. The third kappa shape index (κ3) is 3.96. The minimum absolute atomic E-state index is 0.0360. The molecule has 0 bridgehead atoms. The van der Waals surface area contributed by atoms with E-state index in [2.05, 4.69) is 14.9 Å². The minimum Gasteiger partial charge on any atom is -0.505 e. The number of nitrogens with zero attached hydrogens (tertiary/aromatic N) is 1. The number of H-pyrrole nitrogens is 1. The van der Waals surface area contributed by atoms with Gasteiger partial charge in [-0.25, -0.2) is 13.1 Å². The van der Waals surface area contributed by atoms with E-state index >= 15 is 0 Å². The summed E-state index contributed by atoms with van der Waals surface area (Å²) in [5.41, 5.74) is 2.17. The summed E-state index contributed by atoms with van der Waals surface area (Å²) in [5, 5.41) is 16.8. The first-order valence-electron chi connectivity index (χ1n) is 7.14. The van der Waals surface area contributed by atoms with Crippen LogP contribution in [0.25, 0.3) is 11.3 Å². The highest BCUT2D eigenvalue weighted by Gasteiger charge is 2.21. The molecule has 1 heterocycles. The van der Waals surface area contributed by atoms with E-state index in [1.165, 1.54) is 6.07 Å². The number of nitrogens with one attached hydrogen (secondary N) is 2. The van der Waals surface area contributed by atoms with Gasteiger partial charge in [0.15, 0.2) is 5.75 Å². The molecule has 3 rings (SSSR count). The number of benzene rings is 2. The quantitative estimate of drug-likeness (QED) is 0.613. The Labute approximate surface area is 154 Å². The third-order valence-corrected chi connectivity index (χ3v) is 5.36. The number of phenolic OH excluding ortho intramolecular Hbond substituents is 1. The molecule has 0 amide bonds. The van der Waals surface area contributed by atoms with Crippen LogP contribution in [0.15, 0.2) is 53.4 Å². The highest BCUT2D eigenvalue weighted by Crippen LogP contribution is 2.34. The predicted octanol–water partition coefficient (Wildman–Crippen LogP) is 3.57. The Morgan fingerprint density at radius 2 is 1.84 bits per heavy atom. The Bertz CT molecular complexity index is 1000. The number of aromatic nitrogens is 2. The molecule has 0 aliphatic carbocycles. The molecule has 0 unspecified atom stereocenters. The molecule has 3 aromatic rings. The molecular weight excluding hydrogens is 385 g/mol. The monoisotopic (exact) mass is 397 g/mol. The highest BCUT2D eigenvalue weighted by atomic mass is 35.5. The zero-order valence-electron chi connectivity index (χ0n) is 12.7. The Kier molecular flexibility index (Phi) is 5.01. The largest absolute Gasteiger partial charge is 0.505 e. The van der Waals surface area contributed by atoms with Crippen LogP contribution in [0, 0.1) is 0 Å². The van der Waals surface area contributed by atoms with E-state index in [-0.39, 0.29) is 21.5 Å². The molecular formula is C16H13Cl2N3O3S. The summed E-state index contributed by atoms with van der Waals surface area (Å²) in [6, 6.07) is 13.6. The van der Waals surface area contributed by atoms with Gasteiger partial charge in [-0.2, -0.15) is 5.10 Å². The summed E-state index contributed by atoms with van der Waals surface area (Å²) in [7, 11) is -4.01. The van der Waals surface area contributed by atoms with Crippen molar-refractivity contribution in [1.29, 1.82) is 0 Å². The summed E-state index contributed by atoms with van der Waals surface area (Å²) in [6.07, 6.45) is 0. The molecule has 1 aromatic heterocycles. The van der Waals surface area contributed by atoms with Gasteiger partial charge in [-0.1, -0.05) is 53.5 Å². The zero-order valence-corrected chi connectivity index (χ0v) is 15.0. The van der Waals surface area contributed by atoms with E-state index in [0.717, 1.165) is 11.6 Å². The lowest BCUT2D eigenvalue weighted by Crippen LogP contribution is -2.23. The van der Waals surface area contributed by atoms with Crippen LogP contribution in [0.1, 0.15) is 5.69 Å². The molecule has 0 saturated heterocycles. The van der Waals surface area contributed by atoms with Crippen molar-refractivity contribution < 1.29 is 13.5 Å². The standard InChI is InChI=1S/C16H13Cl2N3O3S/c17-11-6-13(18)16(22)15(7-11)25(23,24)19-9-12-8-14(21-20-12)10-4-2-1-3-5-10/h1-8,19,22H,9H2,(H,20,21). The molecule has 0 aliphatic heterocycles. The van der Waals surface area contributed by atoms with Crippen molar-refractivity contribution in [1.82, 2.24) is 14.9 Å². The number of sulfonamides is 1. The molecule has 0 aliphatic rings. The Morgan fingerprint density at radius 1 is 1.12 bits per heavy atom. The average molecular weight is 398 g/mol. The summed E-state index contributed by atoms with van der Waals surface area (Å²) < 4.78 is 27.1. The van der Waals surface area contributed by atoms with Crippen molar-refractivity contribution in [2.75, 3.05) is 0 Å². The summed E-state index contributed by atoms with van der Waals surface area (Å²) in [5.74, 6) is -0.548. The molecule has 2 aromatic carbocycles. The van der Waals surface area contributed by atoms with Crippen LogP contribution in [0.3, 0.4) is 0 Å². The first-order valence-corrected chi connectivity index (χ1v) is 9.38. The lowest BCUT2D eigenvalue weighted by molar-refractivity contribution is 0.458. The second-order valence-corrected chi connectivity index (χ2v) is 7.78. The topological polar surface area (TPSA) is 95.1 Å². The molecule has 3 N–H and O–H groups in total. The normalized spacial score (nSPS) is 11.6. The number of hydrogen-bond acceptors (Lipinski definition) is 4. The molecule has 0 fully saturated rings. The van der Waals surface area contributed by atoms with Crippen LogP contribution in [0.2, 0.25) is 10.0 Å². The number of halogens is 2. The summed E-state index contributed by atoms with van der Waals surface area (Å²) in [4.78, 5) is -0.382. The van der Waals surface area contributed by atoms with Crippen molar-refractivity contribution in [3.05, 3.63) is 64.3 Å². The smallest absolute Gasteiger partial charge is 0.244 e. The van der Waals surface area contributed by atoms with Crippen molar-refractivity contribution in [2.45, 2.75) is 11.4 Å². The van der Waals surface area contributed by atoms with Gasteiger partial charge < -0.3 is 5.11 Å². The average Bonchev–Trinajstić information content (AvgIpc) is 3.06. The Morgan fingerprint density at radius 3 is 2.56 bits per heavy atom. The SMILES string of the molecule is O=S(=O)(NCc1cc(-c2ccccc2)n[nH]1)c1cc(Cl)cc(Cl)c1O. The highest BCUT2D eigenvalue weighted by molar-refractivity contribution is 7.89. The van der Waals surface area contributed by atoms with E-state index in [4.69, 9.17) is 23.2 Å². The molecule has 0 radical (unpaired) electrons. The van der Waals surface area contributed by atoms with Crippen molar-refractivity contribution in [3.8, 4) is 17.0 Å². The van der Waals surface area contributed by atoms with Gasteiger partial charge in [-0.3, -0.25) is 5.10 Å². The van der Waals surface area contributed by atoms with Crippen LogP contribution in [-0.4, -0.2) is 23.7 Å². The van der Waals surface area contributed by atoms with Gasteiger partial charge in [0.25, 0.3) is 0 Å². The summed E-state index contributed by atoms with van der Waals surface area (Å²) in [6.45, 7) is -0.0360. The number of hydrogen-bond donors (Lipinski definition) is 3. The van der Waals surface area contributed by atoms with Gasteiger partial charge in [-0.05, 0) is 18.2 Å². The van der Waals surface area contributed by atoms with Gasteiger partial charge >= 0.3 is 0 Å². The summed E-state index contributed by atoms with van der Waals surface area (Å²) >= 11 is 11.6. The molecule has 0 saturated carbocycles. The van der Waals surface area contributed by atoms with Crippen LogP contribution in [-0.2, 0) is 16.6 Å². The van der Waals surface area contributed by atoms with E-state index in [0.29, 0.717) is 11.4 Å². The van der Waals surface area contributed by atoms with Gasteiger partial charge in [-0.15, -0.1) is 0 Å². The van der Waals surface area contributed by atoms with Crippen LogP contribution in [0.5, 0.6) is 5.75 Å². The lowest BCUT2D eigenvalue weighted by atomic mass is 10.1. The van der Waals surface area contributed by atoms with Gasteiger partial charge in [0.1, 0.15) is 4.90 Å². The van der Waals surface area contributed by atoms with E-state index in [1.807, 2.05) is 30.3 Å². The molecule has 0 atom stereocenters. The van der Waals surface area contributed by atoms with Crippen LogP contribution >= 0.6 is 23.2 Å².